The first-order valence-electron chi connectivity index (χ1n) is 9.52. The number of sulfonamides is 1. The second-order valence-electron chi connectivity index (χ2n) is 7.54. The monoisotopic (exact) mass is 396 g/mol. The molecule has 2 fully saturated rings. The van der Waals surface area contributed by atoms with Crippen LogP contribution in [0, 0.1) is 5.92 Å². The van der Waals surface area contributed by atoms with Crippen LogP contribution in [0.1, 0.15) is 46.0 Å². The molecule has 0 aromatic heterocycles. The van der Waals surface area contributed by atoms with Crippen LogP contribution in [0.4, 0.5) is 5.69 Å². The Labute approximate surface area is 160 Å². The average molecular weight is 397 g/mol. The summed E-state index contributed by atoms with van der Waals surface area (Å²) in [6, 6.07) is 6.13. The summed E-state index contributed by atoms with van der Waals surface area (Å²) in [5, 5.41) is 2.74. The molecule has 2 N–H and O–H groups in total. The molecular weight excluding hydrogens is 368 g/mol. The largest absolute Gasteiger partial charge is 0.347 e. The highest BCUT2D eigenvalue weighted by Crippen LogP contribution is 2.37. The predicted molar refractivity (Wildman–Crippen MR) is 102 cm³/mol. The molecule has 0 radical (unpaired) electrons. The molecule has 1 unspecified atom stereocenters. The zero-order chi connectivity index (χ0) is 19.5. The number of carbonyl (C=O) groups excluding carboxylic acids is 1. The number of amides is 1. The van der Waals surface area contributed by atoms with Crippen LogP contribution in [-0.2, 0) is 24.3 Å². The van der Waals surface area contributed by atoms with Crippen LogP contribution in [0.2, 0.25) is 0 Å². The molecule has 1 saturated carbocycles. The van der Waals surface area contributed by atoms with Crippen LogP contribution in [0.15, 0.2) is 29.2 Å². The Morgan fingerprint density at radius 2 is 1.85 bits per heavy atom. The highest BCUT2D eigenvalue weighted by Gasteiger charge is 2.42. The highest BCUT2D eigenvalue weighted by molar-refractivity contribution is 7.89. The van der Waals surface area contributed by atoms with Crippen molar-refractivity contribution in [2.75, 3.05) is 18.5 Å². The third-order valence-corrected chi connectivity index (χ3v) is 6.43. The van der Waals surface area contributed by atoms with Crippen molar-refractivity contribution in [3.63, 3.8) is 0 Å². The maximum Gasteiger partial charge on any atom is 0.240 e. The molecule has 7 nitrogen and oxygen atoms in total. The predicted octanol–water partition coefficient (Wildman–Crippen LogP) is 2.64. The molecule has 1 amide bonds. The molecule has 1 saturated heterocycles. The number of rotatable bonds is 6. The molecule has 1 atom stereocenters. The summed E-state index contributed by atoms with van der Waals surface area (Å²) in [7, 11) is -3.65. The molecule has 150 valence electrons. The minimum Gasteiger partial charge on any atom is -0.347 e. The van der Waals surface area contributed by atoms with Crippen LogP contribution in [0.3, 0.4) is 0 Å². The van der Waals surface area contributed by atoms with E-state index in [4.69, 9.17) is 9.47 Å². The number of hydrogen-bond acceptors (Lipinski definition) is 5. The number of hydrogen-bond donors (Lipinski definition) is 2. The van der Waals surface area contributed by atoms with Crippen molar-refractivity contribution in [2.45, 2.75) is 62.7 Å². The molecule has 3 rings (SSSR count). The summed E-state index contributed by atoms with van der Waals surface area (Å²) in [5.74, 6) is -0.764. The Hall–Kier alpha value is -1.48. The van der Waals surface area contributed by atoms with E-state index >= 15 is 0 Å². The summed E-state index contributed by atoms with van der Waals surface area (Å²) in [6.45, 7) is 4.17. The number of anilines is 1. The van der Waals surface area contributed by atoms with Crippen LogP contribution >= 0.6 is 0 Å². The maximum absolute atomic E-state index is 12.5. The minimum atomic E-state index is -3.65. The number of benzene rings is 1. The summed E-state index contributed by atoms with van der Waals surface area (Å²) >= 11 is 0. The molecule has 2 aliphatic rings. The van der Waals surface area contributed by atoms with Crippen molar-refractivity contribution in [2.24, 2.45) is 5.92 Å². The Bertz CT molecular complexity index is 755. The Morgan fingerprint density at radius 1 is 1.19 bits per heavy atom. The zero-order valence-corrected chi connectivity index (χ0v) is 16.7. The molecule has 8 heteroatoms. The Morgan fingerprint density at radius 3 is 2.48 bits per heavy atom. The second kappa shape index (κ2) is 8.26. The van der Waals surface area contributed by atoms with E-state index in [0.29, 0.717) is 12.3 Å². The fraction of sp³-hybridized carbons (Fsp3) is 0.632. The van der Waals surface area contributed by atoms with Gasteiger partial charge in [0, 0.05) is 31.0 Å². The van der Waals surface area contributed by atoms with Gasteiger partial charge in [-0.15, -0.1) is 0 Å². The van der Waals surface area contributed by atoms with Crippen molar-refractivity contribution < 1.29 is 22.7 Å². The Kier molecular flexibility index (Phi) is 6.20. The van der Waals surface area contributed by atoms with Gasteiger partial charge in [0.25, 0.3) is 0 Å². The van der Waals surface area contributed by atoms with Crippen molar-refractivity contribution in [3.8, 4) is 0 Å². The van der Waals surface area contributed by atoms with Gasteiger partial charge in [-0.05, 0) is 37.1 Å². The van der Waals surface area contributed by atoms with E-state index < -0.39 is 15.8 Å². The molecule has 1 aliphatic carbocycles. The van der Waals surface area contributed by atoms with E-state index in [9.17, 15) is 13.2 Å². The zero-order valence-electron chi connectivity index (χ0n) is 15.9. The standard InChI is InChI=1S/C19H28N2O5S/c1-14(2)18(22)21-15-6-8-17(9-7-15)27(23,24)20-12-16-13-25-19(26-16)10-4-3-5-11-19/h6-9,14,16,20H,3-5,10-13H2,1-2H3,(H,21,22). The van der Waals surface area contributed by atoms with E-state index in [2.05, 4.69) is 10.0 Å². The molecule has 1 aromatic rings. The summed E-state index contributed by atoms with van der Waals surface area (Å²) in [6.07, 6.45) is 4.83. The summed E-state index contributed by atoms with van der Waals surface area (Å²) in [5.41, 5.74) is 0.569. The van der Waals surface area contributed by atoms with Gasteiger partial charge in [0.2, 0.25) is 15.9 Å². The fourth-order valence-corrected chi connectivity index (χ4v) is 4.43. The third kappa shape index (κ3) is 5.07. The Balaban J connectivity index is 1.55. The van der Waals surface area contributed by atoms with E-state index in [1.165, 1.54) is 18.6 Å². The SMILES string of the molecule is CC(C)C(=O)Nc1ccc(S(=O)(=O)NCC2COC3(CCCCC3)O2)cc1. The van der Waals surface area contributed by atoms with E-state index in [-0.39, 0.29) is 29.4 Å². The lowest BCUT2D eigenvalue weighted by Crippen LogP contribution is -2.37. The van der Waals surface area contributed by atoms with Crippen molar-refractivity contribution >= 4 is 21.6 Å². The lowest BCUT2D eigenvalue weighted by molar-refractivity contribution is -0.186. The highest BCUT2D eigenvalue weighted by atomic mass is 32.2. The van der Waals surface area contributed by atoms with Crippen LogP contribution in [0.25, 0.3) is 0 Å². The number of carbonyl (C=O) groups is 1. The third-order valence-electron chi connectivity index (χ3n) is 4.99. The molecule has 27 heavy (non-hydrogen) atoms. The molecule has 1 aliphatic heterocycles. The fourth-order valence-electron chi connectivity index (χ4n) is 3.36. The molecule has 1 spiro atoms. The number of nitrogens with one attached hydrogen (secondary N) is 2. The van der Waals surface area contributed by atoms with Crippen LogP contribution in [0.5, 0.6) is 0 Å². The van der Waals surface area contributed by atoms with E-state index in [1.54, 1.807) is 26.0 Å². The molecule has 1 heterocycles. The first-order valence-corrected chi connectivity index (χ1v) is 11.0. The van der Waals surface area contributed by atoms with Gasteiger partial charge >= 0.3 is 0 Å². The lowest BCUT2D eigenvalue weighted by atomic mass is 9.94. The van der Waals surface area contributed by atoms with Gasteiger partial charge in [-0.3, -0.25) is 4.79 Å². The molecule has 0 bridgehead atoms. The van der Waals surface area contributed by atoms with E-state index in [1.807, 2.05) is 0 Å². The summed E-state index contributed by atoms with van der Waals surface area (Å²) < 4.78 is 39.5. The van der Waals surface area contributed by atoms with Crippen molar-refractivity contribution in [3.05, 3.63) is 24.3 Å². The quantitative estimate of drug-likeness (QED) is 0.771. The first kappa shape index (κ1) is 20.3. The van der Waals surface area contributed by atoms with E-state index in [0.717, 1.165) is 25.7 Å². The van der Waals surface area contributed by atoms with Crippen LogP contribution < -0.4 is 10.0 Å². The minimum absolute atomic E-state index is 0.112. The van der Waals surface area contributed by atoms with Gasteiger partial charge in [-0.1, -0.05) is 20.3 Å². The second-order valence-corrected chi connectivity index (χ2v) is 9.31. The molecule has 1 aromatic carbocycles. The van der Waals surface area contributed by atoms with Gasteiger partial charge in [-0.2, -0.15) is 0 Å². The van der Waals surface area contributed by atoms with Gasteiger partial charge in [-0.25, -0.2) is 13.1 Å². The first-order chi connectivity index (χ1) is 12.8. The topological polar surface area (TPSA) is 93.7 Å². The maximum atomic E-state index is 12.5. The normalized spacial score (nSPS) is 22.3. The van der Waals surface area contributed by atoms with Crippen molar-refractivity contribution in [1.82, 2.24) is 4.72 Å². The van der Waals surface area contributed by atoms with Crippen LogP contribution in [-0.4, -0.2) is 39.4 Å². The van der Waals surface area contributed by atoms with Gasteiger partial charge in [0.1, 0.15) is 0 Å². The van der Waals surface area contributed by atoms with Gasteiger partial charge < -0.3 is 14.8 Å². The average Bonchev–Trinajstić information content (AvgIpc) is 3.03. The van der Waals surface area contributed by atoms with Crippen molar-refractivity contribution in [1.29, 1.82) is 0 Å². The molecular formula is C19H28N2O5S. The number of ether oxygens (including phenoxy) is 2. The van der Waals surface area contributed by atoms with Gasteiger partial charge in [0.05, 0.1) is 17.6 Å². The summed E-state index contributed by atoms with van der Waals surface area (Å²) in [4.78, 5) is 11.9. The van der Waals surface area contributed by atoms with Gasteiger partial charge in [0.15, 0.2) is 5.79 Å². The lowest BCUT2D eigenvalue weighted by Gasteiger charge is -2.31. The smallest absolute Gasteiger partial charge is 0.240 e.